The number of thiophene rings is 2. The minimum absolute atomic E-state index is 0.0107. The summed E-state index contributed by atoms with van der Waals surface area (Å²) in [5, 5.41) is 54.7. The number of halogens is 1. The highest BCUT2D eigenvalue weighted by Crippen LogP contribution is 2.48. The van der Waals surface area contributed by atoms with Gasteiger partial charge in [0.15, 0.2) is 0 Å². The highest BCUT2D eigenvalue weighted by Gasteiger charge is 2.63. The number of fused-ring (bicyclic) bond motifs is 4. The topological polar surface area (TPSA) is 349 Å². The lowest BCUT2D eigenvalue weighted by atomic mass is 9.83. The molecule has 7 N–H and O–H groups in total. The average molecular weight is 1560 g/mol. The van der Waals surface area contributed by atoms with E-state index in [0.29, 0.717) is 58.7 Å². The molecule has 2 saturated carbocycles. The summed E-state index contributed by atoms with van der Waals surface area (Å²) in [4.78, 5) is 139. The maximum atomic E-state index is 14.4. The van der Waals surface area contributed by atoms with Gasteiger partial charge >= 0.3 is 31.2 Å². The highest BCUT2D eigenvalue weighted by atomic mass is 79.9. The monoisotopic (exact) mass is 1550 g/mol. The Kier molecular flexibility index (Phi) is 26.0. The van der Waals surface area contributed by atoms with E-state index < -0.39 is 119 Å². The smallest absolute Gasteiger partial charge is 0.479 e. The molecule has 0 unspecified atom stereocenters. The number of carboxylic acid groups (broad SMARTS) is 1. The summed E-state index contributed by atoms with van der Waals surface area (Å²) in [5.74, 6) is -4.41. The first kappa shape index (κ1) is 79.5. The molecule has 4 aliphatic heterocycles. The van der Waals surface area contributed by atoms with E-state index >= 15 is 0 Å². The van der Waals surface area contributed by atoms with Crippen LogP contribution in [-0.2, 0) is 43.0 Å². The van der Waals surface area contributed by atoms with Gasteiger partial charge in [-0.3, -0.25) is 28.8 Å². The third-order valence-electron chi connectivity index (χ3n) is 19.4. The molecule has 6 aliphatic rings. The number of benzene rings is 2. The number of hydrogen-bond donors (Lipinski definition) is 7. The largest absolute Gasteiger partial charge is 0.489 e. The minimum atomic E-state index is -1.48. The Morgan fingerprint density at radius 3 is 1.56 bits per heavy atom. The van der Waals surface area contributed by atoms with Crippen LogP contribution in [0.4, 0.5) is 9.59 Å². The fourth-order valence-electron chi connectivity index (χ4n) is 13.9. The van der Waals surface area contributed by atoms with Crippen molar-refractivity contribution in [2.24, 2.45) is 11.8 Å². The number of aliphatic carboxylic acids is 1. The van der Waals surface area contributed by atoms with Gasteiger partial charge in [-0.1, -0.05) is 117 Å². The van der Waals surface area contributed by atoms with Crippen LogP contribution in [0.2, 0.25) is 0 Å². The number of carbonyl (C=O) groups excluding carboxylic acids is 7. The number of carboxylic acids is 1. The number of aromatic nitrogens is 4. The lowest BCUT2D eigenvalue weighted by molar-refractivity contribution is -0.150. The van der Waals surface area contributed by atoms with Crippen LogP contribution in [-0.4, -0.2) is 166 Å². The number of ether oxygens (including phenoxy) is 3. The van der Waals surface area contributed by atoms with Crippen molar-refractivity contribution in [3.8, 4) is 33.4 Å². The molecule has 12 rings (SSSR count). The first-order valence-corrected chi connectivity index (χ1v) is 38.6. The van der Waals surface area contributed by atoms with E-state index in [2.05, 4.69) is 47.4 Å². The maximum Gasteiger partial charge on any atom is 0.489 e. The van der Waals surface area contributed by atoms with Gasteiger partial charge in [0.05, 0.1) is 41.1 Å². The van der Waals surface area contributed by atoms with Crippen molar-refractivity contribution in [2.75, 3.05) is 19.7 Å². The third-order valence-corrected chi connectivity index (χ3v) is 21.5. The quantitative estimate of drug-likeness (QED) is 0.0275. The van der Waals surface area contributed by atoms with Crippen molar-refractivity contribution in [3.05, 3.63) is 156 Å². The number of allylic oxidation sites excluding steroid dienone is 2. The zero-order valence-electron chi connectivity index (χ0n) is 60.4. The minimum Gasteiger partial charge on any atom is -0.479 e. The van der Waals surface area contributed by atoms with Gasteiger partial charge < -0.3 is 60.4 Å². The van der Waals surface area contributed by atoms with Gasteiger partial charge in [0.25, 0.3) is 11.1 Å². The molecule has 6 aromatic rings. The van der Waals surface area contributed by atoms with Crippen molar-refractivity contribution in [3.63, 3.8) is 0 Å². The summed E-state index contributed by atoms with van der Waals surface area (Å²) in [6.07, 6.45) is 16.9. The molecule has 10 atom stereocenters. The second-order valence-corrected chi connectivity index (χ2v) is 31.7. The molecule has 2 aliphatic carbocycles. The maximum absolute atomic E-state index is 14.4. The zero-order valence-corrected chi connectivity index (χ0v) is 63.7. The molecule has 0 spiro atoms. The number of carbonyl (C=O) groups is 8. The van der Waals surface area contributed by atoms with Gasteiger partial charge in [0.2, 0.25) is 23.6 Å². The standard InChI is InChI=1S/C37H43N5O7S.C35H44BrN5O7.C4H5BO2S/c1-36(2,3)49-35(48)39-28-15-11-6-4-5-10-14-25-19-37(25,34(46)47)40-31(43)29-18-26(21-41(29)32(28)44)42-33(45)30(24-16-17-50-22-24)27(20-38-42)23-12-8-7-9-13-23;1-5-47-32(45)35-19-23(35)16-12-7-6-8-13-17-26(38-33(46)48-34(2,3)4)30(43)40-21-24(18-27(40)29(42)39-35)41-31(44)28(36)25(20-37-41)22-14-10-9-11-15-22;6-5(7)4-1-2-8-3-4/h7-10,12-14,16-17,20,22,25-26,28-29H,4-6,11,15,18-19,21H2,1-3H3,(H,39,48)(H,40,43)(H,46,47);9-12,14-16,20,23-24,26-27H,5-8,13,17-19,21H2,1-4H3,(H,38,46)(H,39,42);1-3,6-7H/b14-10-;16-12-;/t25-,26-,28+,29+,37-;23-,24-,26+,27+,35-;/m11./s1. The number of hydrogen-bond acceptors (Lipinski definition) is 19. The Labute approximate surface area is 631 Å². The molecule has 0 radical (unpaired) electrons. The summed E-state index contributed by atoms with van der Waals surface area (Å²) < 4.78 is 19.3. The Hall–Kier alpha value is -9.10. The van der Waals surface area contributed by atoms with Crippen LogP contribution < -0.4 is 37.8 Å². The molecule has 2 saturated heterocycles. The van der Waals surface area contributed by atoms with Gasteiger partial charge in [-0.05, 0) is 166 Å². The SMILES string of the molecule is CC(C)(C)OC(=O)N[C@H]1CCCCC/C=C\[C@@H]2C[C@@]2(C(=O)O)NC(=O)[C@@H]2C[C@@H](n3ncc(-c4ccccc4)c(-c4ccsc4)c3=O)CN2C1=O.CCOC(=O)[C@@]12C[C@H]1/C=C\CCCCC[C@H](NC(=O)OC(C)(C)C)C(=O)N1C[C@H](n3ncc(-c4ccccc4)c(Br)c3=O)C[C@H]1C(=O)N2.OB(O)c1ccsc1. The van der Waals surface area contributed by atoms with E-state index in [0.717, 1.165) is 55.2 Å². The molecule has 564 valence electrons. The van der Waals surface area contributed by atoms with Gasteiger partial charge in [0, 0.05) is 48.9 Å². The molecule has 0 bridgehead atoms. The molecule has 4 fully saturated rings. The predicted octanol–water partition coefficient (Wildman–Crippen LogP) is 9.25. The van der Waals surface area contributed by atoms with Crippen molar-refractivity contribution >= 4 is 98.9 Å². The molecule has 4 aromatic heterocycles. The molecule has 30 heteroatoms. The third kappa shape index (κ3) is 19.4. The van der Waals surface area contributed by atoms with Crippen LogP contribution in [0.15, 0.2) is 145 Å². The average Bonchev–Trinajstić information content (AvgIpc) is 1.57. The number of alkyl carbamates (subject to hydrolysis) is 2. The van der Waals surface area contributed by atoms with E-state index in [4.69, 9.17) is 24.3 Å². The Balaban J connectivity index is 0.000000205. The van der Waals surface area contributed by atoms with Crippen molar-refractivity contribution in [1.82, 2.24) is 50.6 Å². The van der Waals surface area contributed by atoms with Crippen LogP contribution in [0.1, 0.15) is 150 Å². The summed E-state index contributed by atoms with van der Waals surface area (Å²) >= 11 is 6.37. The van der Waals surface area contributed by atoms with Crippen LogP contribution in [0.3, 0.4) is 0 Å². The van der Waals surface area contributed by atoms with Gasteiger partial charge in [-0.2, -0.15) is 32.9 Å². The molecule has 6 amide bonds. The van der Waals surface area contributed by atoms with Gasteiger partial charge in [-0.15, -0.1) is 0 Å². The zero-order chi connectivity index (χ0) is 76.3. The van der Waals surface area contributed by atoms with E-state index in [9.17, 15) is 53.1 Å². The van der Waals surface area contributed by atoms with E-state index in [1.54, 1.807) is 77.7 Å². The van der Waals surface area contributed by atoms with Gasteiger partial charge in [0.1, 0.15) is 46.4 Å². The van der Waals surface area contributed by atoms with Crippen LogP contribution in [0.5, 0.6) is 0 Å². The number of esters is 1. The number of rotatable bonds is 11. The molecule has 26 nitrogen and oxygen atoms in total. The number of amides is 6. The van der Waals surface area contributed by atoms with Crippen LogP contribution in [0.25, 0.3) is 33.4 Å². The predicted molar refractivity (Wildman–Crippen MR) is 404 cm³/mol. The lowest BCUT2D eigenvalue weighted by Gasteiger charge is -2.30. The second-order valence-electron chi connectivity index (χ2n) is 29.4. The molecule has 106 heavy (non-hydrogen) atoms. The summed E-state index contributed by atoms with van der Waals surface area (Å²) in [6, 6.07) is 16.9. The number of nitrogens with one attached hydrogen (secondary N) is 4. The summed E-state index contributed by atoms with van der Waals surface area (Å²) in [6.45, 7) is 12.2. The van der Waals surface area contributed by atoms with Crippen molar-refractivity contribution in [1.29, 1.82) is 0 Å². The molecular weight excluding hydrogens is 1460 g/mol. The van der Waals surface area contributed by atoms with Crippen LogP contribution >= 0.6 is 38.6 Å². The van der Waals surface area contributed by atoms with Gasteiger partial charge in [-0.25, -0.2) is 28.5 Å². The Morgan fingerprint density at radius 2 is 1.09 bits per heavy atom. The fraction of sp³-hybridized carbons (Fsp3) is 0.474. The fourth-order valence-corrected chi connectivity index (χ4v) is 15.7. The first-order chi connectivity index (χ1) is 50.5. The van der Waals surface area contributed by atoms with Crippen LogP contribution in [0, 0.1) is 11.8 Å². The van der Waals surface area contributed by atoms with E-state index in [1.165, 1.54) is 41.8 Å². The first-order valence-electron chi connectivity index (χ1n) is 35.9. The van der Waals surface area contributed by atoms with E-state index in [1.807, 2.05) is 102 Å². The van der Waals surface area contributed by atoms with Crippen molar-refractivity contribution < 1.29 is 67.7 Å². The summed E-state index contributed by atoms with van der Waals surface area (Å²) in [5.41, 5.74) is -0.425. The Bertz CT molecular complexity index is 4320. The Morgan fingerprint density at radius 1 is 0.623 bits per heavy atom. The molecule has 2 aromatic carbocycles. The summed E-state index contributed by atoms with van der Waals surface area (Å²) in [7, 11) is -1.30. The highest BCUT2D eigenvalue weighted by molar-refractivity contribution is 9.10. The normalized spacial score (nSPS) is 25.4. The lowest BCUT2D eigenvalue weighted by Crippen LogP contribution is -2.56. The number of nitrogens with zero attached hydrogens (tertiary/aromatic N) is 6. The molecular formula is C76H92BBrN10O16S2. The molecule has 8 heterocycles. The van der Waals surface area contributed by atoms with Crippen molar-refractivity contribution in [2.45, 2.75) is 197 Å². The second kappa shape index (κ2) is 34.6. The van der Waals surface area contributed by atoms with E-state index in [-0.39, 0.29) is 56.4 Å².